The number of hydrazone groups is 1. The second-order valence-corrected chi connectivity index (χ2v) is 5.66. The van der Waals surface area contributed by atoms with Crippen molar-refractivity contribution in [3.05, 3.63) is 59.7 Å². The van der Waals surface area contributed by atoms with E-state index in [1.165, 1.54) is 28.9 Å². The van der Waals surface area contributed by atoms with Crippen molar-refractivity contribution < 1.29 is 4.74 Å². The molecule has 106 valence electrons. The van der Waals surface area contributed by atoms with Gasteiger partial charge in [-0.05, 0) is 48.7 Å². The summed E-state index contributed by atoms with van der Waals surface area (Å²) < 4.78 is 5.33. The van der Waals surface area contributed by atoms with E-state index in [1.807, 2.05) is 12.1 Å². The van der Waals surface area contributed by atoms with E-state index in [1.54, 1.807) is 7.11 Å². The summed E-state index contributed by atoms with van der Waals surface area (Å²) in [5.74, 6) is 1.48. The van der Waals surface area contributed by atoms with Gasteiger partial charge >= 0.3 is 0 Å². The van der Waals surface area contributed by atoms with Crippen LogP contribution in [0.1, 0.15) is 17.5 Å². The largest absolute Gasteiger partial charge is 0.497 e. The molecule has 2 aromatic rings. The third kappa shape index (κ3) is 2.09. The number of aryl methyl sites for hydroxylation is 1. The molecular formula is C18H18N2O. The summed E-state index contributed by atoms with van der Waals surface area (Å²) in [5, 5.41) is 7.02. The zero-order valence-corrected chi connectivity index (χ0v) is 12.1. The normalized spacial score (nSPS) is 19.8. The second kappa shape index (κ2) is 4.92. The van der Waals surface area contributed by atoms with E-state index in [0.29, 0.717) is 5.92 Å². The Morgan fingerprint density at radius 1 is 1.14 bits per heavy atom. The first-order valence-electron chi connectivity index (χ1n) is 7.43. The summed E-state index contributed by atoms with van der Waals surface area (Å²) >= 11 is 0. The Balaban J connectivity index is 1.72. The number of fused-ring (bicyclic) bond motifs is 3. The van der Waals surface area contributed by atoms with E-state index in [2.05, 4.69) is 41.4 Å². The first-order chi connectivity index (χ1) is 10.3. The number of benzene rings is 2. The molecule has 3 heteroatoms. The molecule has 0 radical (unpaired) electrons. The molecule has 0 fully saturated rings. The van der Waals surface area contributed by atoms with Crippen LogP contribution in [0.25, 0.3) is 0 Å². The minimum atomic E-state index is 0.547. The van der Waals surface area contributed by atoms with Crippen molar-refractivity contribution >= 4 is 11.4 Å². The Morgan fingerprint density at radius 3 is 2.81 bits per heavy atom. The molecule has 4 rings (SSSR count). The quantitative estimate of drug-likeness (QED) is 0.840. The van der Waals surface area contributed by atoms with Gasteiger partial charge in [0.05, 0.1) is 25.1 Å². The molecule has 1 aliphatic heterocycles. The van der Waals surface area contributed by atoms with Crippen LogP contribution in [0.15, 0.2) is 53.6 Å². The van der Waals surface area contributed by atoms with E-state index in [0.717, 1.165) is 18.7 Å². The lowest BCUT2D eigenvalue weighted by Gasteiger charge is -2.22. The van der Waals surface area contributed by atoms with E-state index >= 15 is 0 Å². The molecule has 2 aromatic carbocycles. The van der Waals surface area contributed by atoms with Crippen molar-refractivity contribution in [3.63, 3.8) is 0 Å². The smallest absolute Gasteiger partial charge is 0.119 e. The predicted molar refractivity (Wildman–Crippen MR) is 85.1 cm³/mol. The Kier molecular flexibility index (Phi) is 2.92. The fraction of sp³-hybridized carbons (Fsp3) is 0.278. The molecule has 0 saturated carbocycles. The van der Waals surface area contributed by atoms with Crippen LogP contribution in [0.2, 0.25) is 0 Å². The van der Waals surface area contributed by atoms with Crippen LogP contribution in [0, 0.1) is 5.92 Å². The highest BCUT2D eigenvalue weighted by atomic mass is 16.5. The van der Waals surface area contributed by atoms with Gasteiger partial charge in [0.2, 0.25) is 0 Å². The summed E-state index contributed by atoms with van der Waals surface area (Å²) in [6.45, 7) is 0.991. The average molecular weight is 278 g/mol. The molecule has 21 heavy (non-hydrogen) atoms. The topological polar surface area (TPSA) is 24.8 Å². The van der Waals surface area contributed by atoms with Crippen LogP contribution >= 0.6 is 0 Å². The molecule has 0 bridgehead atoms. The van der Waals surface area contributed by atoms with Gasteiger partial charge in [-0.1, -0.05) is 18.2 Å². The molecule has 0 amide bonds. The number of ether oxygens (including phenoxy) is 1. The van der Waals surface area contributed by atoms with E-state index in [-0.39, 0.29) is 0 Å². The first kappa shape index (κ1) is 12.5. The number of methoxy groups -OCH3 is 1. The van der Waals surface area contributed by atoms with Crippen LogP contribution in [-0.2, 0) is 6.42 Å². The standard InChI is InChI=1S/C18H18N2O/c1-21-16-9-10-17-13(11-16)7-8-14-12-20(19-18(14)17)15-5-3-2-4-6-15/h2-6,9-11,14H,7-8,12H2,1H3/t14-/m1/s1. The highest BCUT2D eigenvalue weighted by molar-refractivity contribution is 6.06. The average Bonchev–Trinajstić information content (AvgIpc) is 2.99. The van der Waals surface area contributed by atoms with Gasteiger partial charge in [-0.3, -0.25) is 5.01 Å². The Hall–Kier alpha value is -2.29. The molecule has 0 spiro atoms. The van der Waals surface area contributed by atoms with Gasteiger partial charge in [0, 0.05) is 11.5 Å². The number of nitrogens with zero attached hydrogens (tertiary/aromatic N) is 2. The second-order valence-electron chi connectivity index (χ2n) is 5.66. The zero-order valence-electron chi connectivity index (χ0n) is 12.1. The summed E-state index contributed by atoms with van der Waals surface area (Å²) in [6.07, 6.45) is 2.28. The van der Waals surface area contributed by atoms with Gasteiger partial charge in [-0.15, -0.1) is 0 Å². The van der Waals surface area contributed by atoms with E-state index < -0.39 is 0 Å². The minimum Gasteiger partial charge on any atom is -0.497 e. The van der Waals surface area contributed by atoms with Gasteiger partial charge in [0.1, 0.15) is 5.75 Å². The van der Waals surface area contributed by atoms with Gasteiger partial charge in [-0.25, -0.2) is 0 Å². The summed E-state index contributed by atoms with van der Waals surface area (Å²) in [6, 6.07) is 16.8. The Morgan fingerprint density at radius 2 is 2.00 bits per heavy atom. The maximum Gasteiger partial charge on any atom is 0.119 e. The van der Waals surface area contributed by atoms with Crippen LogP contribution in [0.3, 0.4) is 0 Å². The summed E-state index contributed by atoms with van der Waals surface area (Å²) in [4.78, 5) is 0. The maximum absolute atomic E-state index is 5.33. The molecule has 1 aliphatic carbocycles. The van der Waals surface area contributed by atoms with Crippen molar-refractivity contribution in [1.82, 2.24) is 0 Å². The van der Waals surface area contributed by atoms with Crippen molar-refractivity contribution in [2.45, 2.75) is 12.8 Å². The third-order valence-corrected chi connectivity index (χ3v) is 4.41. The number of hydrogen-bond donors (Lipinski definition) is 0. The number of para-hydroxylation sites is 1. The number of hydrogen-bond acceptors (Lipinski definition) is 3. The molecule has 2 aliphatic rings. The van der Waals surface area contributed by atoms with Crippen LogP contribution in [-0.4, -0.2) is 19.4 Å². The van der Waals surface area contributed by atoms with Crippen LogP contribution in [0.4, 0.5) is 5.69 Å². The minimum absolute atomic E-state index is 0.547. The molecular weight excluding hydrogens is 260 g/mol. The van der Waals surface area contributed by atoms with Gasteiger partial charge in [0.15, 0.2) is 0 Å². The van der Waals surface area contributed by atoms with Gasteiger partial charge < -0.3 is 4.74 Å². The van der Waals surface area contributed by atoms with Crippen molar-refractivity contribution in [1.29, 1.82) is 0 Å². The van der Waals surface area contributed by atoms with Crippen molar-refractivity contribution in [2.75, 3.05) is 18.7 Å². The highest BCUT2D eigenvalue weighted by Gasteiger charge is 2.32. The molecule has 0 N–H and O–H groups in total. The lowest BCUT2D eigenvalue weighted by Crippen LogP contribution is -2.24. The molecule has 1 atom stereocenters. The zero-order chi connectivity index (χ0) is 14.2. The van der Waals surface area contributed by atoms with Crippen LogP contribution < -0.4 is 9.75 Å². The number of rotatable bonds is 2. The lowest BCUT2D eigenvalue weighted by atomic mass is 9.82. The fourth-order valence-corrected chi connectivity index (χ4v) is 3.30. The lowest BCUT2D eigenvalue weighted by molar-refractivity contribution is 0.414. The Labute approximate surface area is 124 Å². The SMILES string of the molecule is COc1ccc2c(c1)CC[C@@H]1CN(c3ccccc3)N=C21. The first-order valence-corrected chi connectivity index (χ1v) is 7.43. The number of anilines is 1. The monoisotopic (exact) mass is 278 g/mol. The maximum atomic E-state index is 5.33. The highest BCUT2D eigenvalue weighted by Crippen LogP contribution is 2.34. The van der Waals surface area contributed by atoms with E-state index in [4.69, 9.17) is 9.84 Å². The molecule has 1 heterocycles. The van der Waals surface area contributed by atoms with Crippen LogP contribution in [0.5, 0.6) is 5.75 Å². The van der Waals surface area contributed by atoms with Crippen molar-refractivity contribution in [2.24, 2.45) is 11.0 Å². The van der Waals surface area contributed by atoms with Gasteiger partial charge in [0.25, 0.3) is 0 Å². The molecule has 0 unspecified atom stereocenters. The van der Waals surface area contributed by atoms with Gasteiger partial charge in [-0.2, -0.15) is 5.10 Å². The summed E-state index contributed by atoms with van der Waals surface area (Å²) in [7, 11) is 1.72. The molecule has 3 nitrogen and oxygen atoms in total. The summed E-state index contributed by atoms with van der Waals surface area (Å²) in [5.41, 5.74) is 5.07. The Bertz CT molecular complexity index is 694. The molecule has 0 aromatic heterocycles. The van der Waals surface area contributed by atoms with Crippen molar-refractivity contribution in [3.8, 4) is 5.75 Å². The fourth-order valence-electron chi connectivity index (χ4n) is 3.30. The predicted octanol–water partition coefficient (Wildman–Crippen LogP) is 3.48. The molecule has 0 saturated heterocycles. The third-order valence-electron chi connectivity index (χ3n) is 4.41. The van der Waals surface area contributed by atoms with E-state index in [9.17, 15) is 0 Å².